The van der Waals surface area contributed by atoms with E-state index in [1.807, 2.05) is 6.26 Å². The SMILES string of the molecule is N#COC1CC23CC2CCC13. The summed E-state index contributed by atoms with van der Waals surface area (Å²) in [5.74, 6) is 1.78. The van der Waals surface area contributed by atoms with Gasteiger partial charge in [-0.3, -0.25) is 0 Å². The molecular formula is C9H11NO. The Bertz CT molecular complexity index is 242. The van der Waals surface area contributed by atoms with Crippen LogP contribution in [0.25, 0.3) is 0 Å². The Morgan fingerprint density at radius 2 is 2.27 bits per heavy atom. The molecule has 0 aromatic heterocycles. The molecule has 0 bridgehead atoms. The van der Waals surface area contributed by atoms with Gasteiger partial charge in [0.2, 0.25) is 0 Å². The molecule has 4 atom stereocenters. The van der Waals surface area contributed by atoms with Crippen LogP contribution in [-0.4, -0.2) is 6.10 Å². The van der Waals surface area contributed by atoms with E-state index in [0.29, 0.717) is 11.5 Å². The van der Waals surface area contributed by atoms with Crippen molar-refractivity contribution in [3.63, 3.8) is 0 Å². The predicted molar refractivity (Wildman–Crippen MR) is 38.4 cm³/mol. The maximum absolute atomic E-state index is 8.35. The first kappa shape index (κ1) is 5.88. The third-order valence-electron chi connectivity index (χ3n) is 4.08. The minimum atomic E-state index is 0.299. The molecule has 4 unspecified atom stereocenters. The molecule has 58 valence electrons. The van der Waals surface area contributed by atoms with Crippen molar-refractivity contribution in [3.05, 3.63) is 0 Å². The van der Waals surface area contributed by atoms with Crippen molar-refractivity contribution in [1.29, 1.82) is 5.26 Å². The second-order valence-electron chi connectivity index (χ2n) is 4.27. The fourth-order valence-electron chi connectivity index (χ4n) is 3.42. The molecular weight excluding hydrogens is 138 g/mol. The van der Waals surface area contributed by atoms with Gasteiger partial charge in [-0.1, -0.05) is 0 Å². The molecule has 2 nitrogen and oxygen atoms in total. The Balaban J connectivity index is 1.75. The third kappa shape index (κ3) is 0.504. The van der Waals surface area contributed by atoms with E-state index < -0.39 is 0 Å². The number of hydrogen-bond donors (Lipinski definition) is 0. The molecule has 1 spiro atoms. The van der Waals surface area contributed by atoms with Gasteiger partial charge in [-0.15, -0.1) is 0 Å². The average molecular weight is 149 g/mol. The highest BCUT2D eigenvalue weighted by atomic mass is 16.5. The summed E-state index contributed by atoms with van der Waals surface area (Å²) in [5.41, 5.74) is 0.696. The summed E-state index contributed by atoms with van der Waals surface area (Å²) in [7, 11) is 0. The van der Waals surface area contributed by atoms with E-state index in [4.69, 9.17) is 10.00 Å². The average Bonchev–Trinajstić information content (AvgIpc) is 2.60. The zero-order valence-corrected chi connectivity index (χ0v) is 6.42. The second-order valence-corrected chi connectivity index (χ2v) is 4.27. The summed E-state index contributed by atoms with van der Waals surface area (Å²) in [6.45, 7) is 0. The van der Waals surface area contributed by atoms with E-state index in [0.717, 1.165) is 11.8 Å². The van der Waals surface area contributed by atoms with Gasteiger partial charge < -0.3 is 4.74 Å². The fraction of sp³-hybridized carbons (Fsp3) is 0.889. The van der Waals surface area contributed by atoms with Crippen LogP contribution in [0.5, 0.6) is 0 Å². The van der Waals surface area contributed by atoms with E-state index in [1.54, 1.807) is 0 Å². The Morgan fingerprint density at radius 1 is 1.36 bits per heavy atom. The third-order valence-corrected chi connectivity index (χ3v) is 4.08. The molecule has 3 rings (SSSR count). The molecule has 11 heavy (non-hydrogen) atoms. The highest BCUT2D eigenvalue weighted by molar-refractivity contribution is 5.20. The Hall–Kier alpha value is -0.710. The second kappa shape index (κ2) is 1.55. The van der Waals surface area contributed by atoms with Crippen LogP contribution in [0.2, 0.25) is 0 Å². The van der Waals surface area contributed by atoms with Gasteiger partial charge in [0.25, 0.3) is 6.26 Å². The van der Waals surface area contributed by atoms with Gasteiger partial charge in [0.15, 0.2) is 0 Å². The van der Waals surface area contributed by atoms with E-state index in [9.17, 15) is 0 Å². The highest BCUT2D eigenvalue weighted by Crippen LogP contribution is 2.76. The molecule has 3 saturated carbocycles. The summed E-state index contributed by atoms with van der Waals surface area (Å²) in [6, 6.07) is 0. The van der Waals surface area contributed by atoms with E-state index >= 15 is 0 Å². The lowest BCUT2D eigenvalue weighted by Gasteiger charge is -2.41. The molecule has 2 heteroatoms. The first-order chi connectivity index (χ1) is 5.37. The summed E-state index contributed by atoms with van der Waals surface area (Å²) in [6.07, 6.45) is 7.44. The quantitative estimate of drug-likeness (QED) is 0.531. The van der Waals surface area contributed by atoms with Crippen LogP contribution in [-0.2, 0) is 4.74 Å². The number of hydrogen-bond acceptors (Lipinski definition) is 2. The zero-order chi connectivity index (χ0) is 7.47. The normalized spacial score (nSPS) is 56.8. The van der Waals surface area contributed by atoms with Gasteiger partial charge in [0.05, 0.1) is 0 Å². The number of ether oxygens (including phenoxy) is 1. The summed E-state index contributed by atoms with van der Waals surface area (Å²) < 4.78 is 4.99. The van der Waals surface area contributed by atoms with Crippen molar-refractivity contribution in [2.45, 2.75) is 31.8 Å². The van der Waals surface area contributed by atoms with Crippen molar-refractivity contribution in [1.82, 2.24) is 0 Å². The molecule has 0 aromatic rings. The van der Waals surface area contributed by atoms with Crippen LogP contribution < -0.4 is 0 Å². The lowest BCUT2D eigenvalue weighted by molar-refractivity contribution is -0.0425. The number of nitrogens with zero attached hydrogens (tertiary/aromatic N) is 1. The lowest BCUT2D eigenvalue weighted by Crippen LogP contribution is -2.42. The molecule has 0 saturated heterocycles. The Kier molecular flexibility index (Phi) is 0.829. The molecule has 3 aliphatic rings. The summed E-state index contributed by atoms with van der Waals surface area (Å²) in [4.78, 5) is 0. The molecule has 0 aromatic carbocycles. The van der Waals surface area contributed by atoms with Crippen molar-refractivity contribution in [3.8, 4) is 6.26 Å². The number of nitriles is 1. The first-order valence-electron chi connectivity index (χ1n) is 4.41. The van der Waals surface area contributed by atoms with Crippen molar-refractivity contribution < 1.29 is 4.74 Å². The molecule has 0 N–H and O–H groups in total. The number of rotatable bonds is 1. The standard InChI is InChI=1S/C9H11NO/c10-5-11-8-4-9-3-6(9)1-2-7(8)9/h6-8H,1-4H2. The minimum Gasteiger partial charge on any atom is -0.424 e. The smallest absolute Gasteiger partial charge is 0.286 e. The summed E-state index contributed by atoms with van der Waals surface area (Å²) >= 11 is 0. The van der Waals surface area contributed by atoms with Crippen LogP contribution in [0.15, 0.2) is 0 Å². The monoisotopic (exact) mass is 149 g/mol. The van der Waals surface area contributed by atoms with Crippen LogP contribution in [0.3, 0.4) is 0 Å². The maximum Gasteiger partial charge on any atom is 0.286 e. The molecule has 3 aliphatic carbocycles. The van der Waals surface area contributed by atoms with Gasteiger partial charge in [0, 0.05) is 5.92 Å². The molecule has 0 aliphatic heterocycles. The predicted octanol–water partition coefficient (Wildman–Crippen LogP) is 1.67. The van der Waals surface area contributed by atoms with Gasteiger partial charge in [-0.05, 0) is 37.0 Å². The topological polar surface area (TPSA) is 33.0 Å². The Morgan fingerprint density at radius 3 is 2.91 bits per heavy atom. The molecule has 0 heterocycles. The molecule has 0 amide bonds. The van der Waals surface area contributed by atoms with Crippen LogP contribution in [0.4, 0.5) is 0 Å². The summed E-state index contributed by atoms with van der Waals surface area (Å²) in [5, 5.41) is 8.35. The van der Waals surface area contributed by atoms with Crippen molar-refractivity contribution in [2.24, 2.45) is 17.3 Å². The van der Waals surface area contributed by atoms with E-state index in [1.165, 1.54) is 25.7 Å². The molecule has 3 fully saturated rings. The Labute approximate surface area is 66.1 Å². The zero-order valence-electron chi connectivity index (χ0n) is 6.42. The van der Waals surface area contributed by atoms with Crippen LogP contribution in [0.1, 0.15) is 25.7 Å². The van der Waals surface area contributed by atoms with Crippen LogP contribution in [0, 0.1) is 28.8 Å². The maximum atomic E-state index is 8.35. The largest absolute Gasteiger partial charge is 0.424 e. The fourth-order valence-corrected chi connectivity index (χ4v) is 3.42. The van der Waals surface area contributed by atoms with Crippen molar-refractivity contribution >= 4 is 0 Å². The van der Waals surface area contributed by atoms with Gasteiger partial charge in [-0.25, -0.2) is 0 Å². The highest BCUT2D eigenvalue weighted by Gasteiger charge is 2.71. The van der Waals surface area contributed by atoms with E-state index in [-0.39, 0.29) is 0 Å². The van der Waals surface area contributed by atoms with E-state index in [2.05, 4.69) is 0 Å². The van der Waals surface area contributed by atoms with Crippen molar-refractivity contribution in [2.75, 3.05) is 0 Å². The van der Waals surface area contributed by atoms with Gasteiger partial charge in [0.1, 0.15) is 6.10 Å². The van der Waals surface area contributed by atoms with Gasteiger partial charge >= 0.3 is 0 Å². The first-order valence-corrected chi connectivity index (χ1v) is 4.41. The van der Waals surface area contributed by atoms with Gasteiger partial charge in [-0.2, -0.15) is 5.26 Å². The molecule has 0 radical (unpaired) electrons. The van der Waals surface area contributed by atoms with Crippen LogP contribution >= 0.6 is 0 Å². The minimum absolute atomic E-state index is 0.299. The lowest BCUT2D eigenvalue weighted by atomic mass is 9.68.